The molecule has 1 aromatic heterocycles. The van der Waals surface area contributed by atoms with Gasteiger partial charge in [-0.15, -0.1) is 11.3 Å². The second kappa shape index (κ2) is 5.67. The van der Waals surface area contributed by atoms with Crippen LogP contribution in [0.25, 0.3) is 0 Å². The van der Waals surface area contributed by atoms with Crippen molar-refractivity contribution in [2.24, 2.45) is 5.73 Å². The standard InChI is InChI=1S/C12H21N3O2S/c1-7(6-13)9-8(2)14-10(18-9)15-11(16)17-12(3,4)5/h7H,6,13H2,1-5H3,(H,14,15,16). The van der Waals surface area contributed by atoms with Crippen LogP contribution in [-0.4, -0.2) is 23.2 Å². The van der Waals surface area contributed by atoms with Gasteiger partial charge in [-0.3, -0.25) is 5.32 Å². The fourth-order valence-corrected chi connectivity index (χ4v) is 2.43. The van der Waals surface area contributed by atoms with Gasteiger partial charge in [0.15, 0.2) is 5.13 Å². The lowest BCUT2D eigenvalue weighted by atomic mass is 10.1. The van der Waals surface area contributed by atoms with E-state index in [9.17, 15) is 4.79 Å². The molecular formula is C12H21N3O2S. The molecule has 1 heterocycles. The van der Waals surface area contributed by atoms with Gasteiger partial charge in [0, 0.05) is 10.8 Å². The number of amides is 1. The van der Waals surface area contributed by atoms with Crippen LogP contribution >= 0.6 is 11.3 Å². The molecule has 1 unspecified atom stereocenters. The second-order valence-corrected chi connectivity index (χ2v) is 6.26. The summed E-state index contributed by atoms with van der Waals surface area (Å²) in [4.78, 5) is 17.0. The number of aryl methyl sites for hydroxylation is 1. The summed E-state index contributed by atoms with van der Waals surface area (Å²) in [6, 6.07) is 0. The fourth-order valence-electron chi connectivity index (χ4n) is 1.42. The monoisotopic (exact) mass is 271 g/mol. The summed E-state index contributed by atoms with van der Waals surface area (Å²) in [7, 11) is 0. The molecule has 3 N–H and O–H groups in total. The molecule has 18 heavy (non-hydrogen) atoms. The minimum absolute atomic E-state index is 0.247. The highest BCUT2D eigenvalue weighted by Crippen LogP contribution is 2.29. The van der Waals surface area contributed by atoms with Crippen molar-refractivity contribution in [2.75, 3.05) is 11.9 Å². The van der Waals surface area contributed by atoms with Gasteiger partial charge >= 0.3 is 6.09 Å². The number of carbonyl (C=O) groups excluding carboxylic acids is 1. The van der Waals surface area contributed by atoms with Gasteiger partial charge in [-0.25, -0.2) is 9.78 Å². The Morgan fingerprint density at radius 3 is 2.67 bits per heavy atom. The van der Waals surface area contributed by atoms with Crippen molar-refractivity contribution in [1.82, 2.24) is 4.98 Å². The van der Waals surface area contributed by atoms with Crippen LogP contribution in [0.1, 0.15) is 44.2 Å². The highest BCUT2D eigenvalue weighted by Gasteiger charge is 2.19. The zero-order chi connectivity index (χ0) is 13.9. The topological polar surface area (TPSA) is 77.2 Å². The van der Waals surface area contributed by atoms with Gasteiger partial charge in [-0.2, -0.15) is 0 Å². The highest BCUT2D eigenvalue weighted by atomic mass is 32.1. The van der Waals surface area contributed by atoms with Crippen molar-refractivity contribution in [3.8, 4) is 0 Å². The summed E-state index contributed by atoms with van der Waals surface area (Å²) in [5, 5.41) is 3.20. The van der Waals surface area contributed by atoms with Gasteiger partial charge in [0.1, 0.15) is 5.60 Å². The van der Waals surface area contributed by atoms with E-state index in [2.05, 4.69) is 10.3 Å². The van der Waals surface area contributed by atoms with E-state index in [1.165, 1.54) is 11.3 Å². The Balaban J connectivity index is 2.72. The first-order valence-corrected chi connectivity index (χ1v) is 6.72. The first kappa shape index (κ1) is 14.9. The lowest BCUT2D eigenvalue weighted by Gasteiger charge is -2.18. The average Bonchev–Trinajstić information content (AvgIpc) is 2.55. The molecular weight excluding hydrogens is 250 g/mol. The fraction of sp³-hybridized carbons (Fsp3) is 0.667. The van der Waals surface area contributed by atoms with Crippen molar-refractivity contribution in [3.63, 3.8) is 0 Å². The van der Waals surface area contributed by atoms with Crippen molar-refractivity contribution in [2.45, 2.75) is 46.1 Å². The number of thiazole rings is 1. The Kier molecular flexibility index (Phi) is 4.70. The molecule has 0 fully saturated rings. The molecule has 1 amide bonds. The van der Waals surface area contributed by atoms with Gasteiger partial charge in [0.05, 0.1) is 5.69 Å². The quantitative estimate of drug-likeness (QED) is 0.886. The molecule has 0 saturated heterocycles. The minimum Gasteiger partial charge on any atom is -0.444 e. The maximum Gasteiger partial charge on any atom is 0.413 e. The number of ether oxygens (including phenoxy) is 1. The minimum atomic E-state index is -0.510. The van der Waals surface area contributed by atoms with E-state index in [4.69, 9.17) is 10.5 Å². The van der Waals surface area contributed by atoms with Crippen LogP contribution in [0.5, 0.6) is 0 Å². The lowest BCUT2D eigenvalue weighted by Crippen LogP contribution is -2.27. The molecule has 6 heteroatoms. The Morgan fingerprint density at radius 1 is 1.56 bits per heavy atom. The molecule has 0 aliphatic carbocycles. The van der Waals surface area contributed by atoms with Crippen LogP contribution in [-0.2, 0) is 4.74 Å². The third-order valence-electron chi connectivity index (χ3n) is 2.24. The summed E-state index contributed by atoms with van der Waals surface area (Å²) in [5.41, 5.74) is 6.03. The molecule has 1 rings (SSSR count). The number of nitrogens with one attached hydrogen (secondary N) is 1. The number of rotatable bonds is 3. The van der Waals surface area contributed by atoms with E-state index in [1.54, 1.807) is 0 Å². The van der Waals surface area contributed by atoms with Crippen LogP contribution in [0, 0.1) is 6.92 Å². The van der Waals surface area contributed by atoms with E-state index in [-0.39, 0.29) is 5.92 Å². The van der Waals surface area contributed by atoms with Crippen LogP contribution in [0.3, 0.4) is 0 Å². The summed E-state index contributed by atoms with van der Waals surface area (Å²) >= 11 is 1.44. The number of hydrogen-bond donors (Lipinski definition) is 2. The van der Waals surface area contributed by atoms with Gasteiger partial charge in [0.25, 0.3) is 0 Å². The highest BCUT2D eigenvalue weighted by molar-refractivity contribution is 7.16. The molecule has 0 radical (unpaired) electrons. The number of hydrogen-bond acceptors (Lipinski definition) is 5. The van der Waals surface area contributed by atoms with Crippen LogP contribution < -0.4 is 11.1 Å². The molecule has 1 aromatic rings. The zero-order valence-electron chi connectivity index (χ0n) is 11.5. The second-order valence-electron chi connectivity index (χ2n) is 5.23. The summed E-state index contributed by atoms with van der Waals surface area (Å²) < 4.78 is 5.17. The van der Waals surface area contributed by atoms with E-state index >= 15 is 0 Å². The number of carbonyl (C=O) groups is 1. The number of aromatic nitrogens is 1. The number of nitrogens with zero attached hydrogens (tertiary/aromatic N) is 1. The van der Waals surface area contributed by atoms with Gasteiger partial charge in [-0.05, 0) is 34.2 Å². The molecule has 0 aliphatic heterocycles. The van der Waals surface area contributed by atoms with E-state index in [1.807, 2.05) is 34.6 Å². The third kappa shape index (κ3) is 4.27. The molecule has 0 aliphatic rings. The predicted molar refractivity (Wildman–Crippen MR) is 74.2 cm³/mol. The molecule has 0 bridgehead atoms. The Hall–Kier alpha value is -1.14. The van der Waals surface area contributed by atoms with Crippen molar-refractivity contribution in [3.05, 3.63) is 10.6 Å². The maximum atomic E-state index is 11.6. The zero-order valence-corrected chi connectivity index (χ0v) is 12.4. The van der Waals surface area contributed by atoms with Gasteiger partial charge in [-0.1, -0.05) is 6.92 Å². The summed E-state index contributed by atoms with van der Waals surface area (Å²) in [6.45, 7) is 9.98. The Morgan fingerprint density at radius 2 is 2.17 bits per heavy atom. The number of nitrogens with two attached hydrogens (primary N) is 1. The van der Waals surface area contributed by atoms with E-state index in [0.717, 1.165) is 10.6 Å². The first-order chi connectivity index (χ1) is 8.23. The van der Waals surface area contributed by atoms with Crippen molar-refractivity contribution >= 4 is 22.6 Å². The van der Waals surface area contributed by atoms with E-state index in [0.29, 0.717) is 11.7 Å². The molecule has 5 nitrogen and oxygen atoms in total. The molecule has 0 saturated carbocycles. The SMILES string of the molecule is Cc1nc(NC(=O)OC(C)(C)C)sc1C(C)CN. The third-order valence-corrected chi connectivity index (χ3v) is 3.55. The maximum absolute atomic E-state index is 11.6. The van der Waals surface area contributed by atoms with Crippen LogP contribution in [0.2, 0.25) is 0 Å². The molecule has 1 atom stereocenters. The molecule has 0 spiro atoms. The Labute approximate surface area is 112 Å². The smallest absolute Gasteiger partial charge is 0.413 e. The van der Waals surface area contributed by atoms with Gasteiger partial charge < -0.3 is 10.5 Å². The number of anilines is 1. The molecule has 102 valence electrons. The summed E-state index contributed by atoms with van der Waals surface area (Å²) in [5.74, 6) is 0.247. The first-order valence-electron chi connectivity index (χ1n) is 5.90. The summed E-state index contributed by atoms with van der Waals surface area (Å²) in [6.07, 6.45) is -0.483. The van der Waals surface area contributed by atoms with Crippen molar-refractivity contribution in [1.29, 1.82) is 0 Å². The van der Waals surface area contributed by atoms with E-state index < -0.39 is 11.7 Å². The van der Waals surface area contributed by atoms with Crippen molar-refractivity contribution < 1.29 is 9.53 Å². The van der Waals surface area contributed by atoms with Crippen LogP contribution in [0.15, 0.2) is 0 Å². The molecule has 0 aromatic carbocycles. The lowest BCUT2D eigenvalue weighted by molar-refractivity contribution is 0.0636. The largest absolute Gasteiger partial charge is 0.444 e. The van der Waals surface area contributed by atoms with Crippen LogP contribution in [0.4, 0.5) is 9.93 Å². The van der Waals surface area contributed by atoms with Gasteiger partial charge in [0.2, 0.25) is 0 Å². The Bertz CT molecular complexity index is 423. The predicted octanol–water partition coefficient (Wildman–Crippen LogP) is 2.86. The average molecular weight is 271 g/mol. The normalized spacial score (nSPS) is 13.2.